The summed E-state index contributed by atoms with van der Waals surface area (Å²) < 4.78 is 5.84. The molecule has 1 heterocycles. The monoisotopic (exact) mass is 498 g/mol. The molecule has 7 nitrogen and oxygen atoms in total. The molecule has 1 fully saturated rings. The second-order valence-electron chi connectivity index (χ2n) is 9.49. The van der Waals surface area contributed by atoms with Crippen molar-refractivity contribution in [2.24, 2.45) is 5.92 Å². The number of ether oxygens (including phenoxy) is 1. The van der Waals surface area contributed by atoms with Gasteiger partial charge in [0.05, 0.1) is 18.2 Å². The summed E-state index contributed by atoms with van der Waals surface area (Å²) in [4.78, 5) is 39.4. The van der Waals surface area contributed by atoms with Crippen LogP contribution >= 0.6 is 0 Å². The number of anilines is 2. The van der Waals surface area contributed by atoms with Gasteiger partial charge in [0.15, 0.2) is 0 Å². The fourth-order valence-corrected chi connectivity index (χ4v) is 4.33. The molecule has 4 rings (SSSR count). The molecule has 2 N–H and O–H groups in total. The van der Waals surface area contributed by atoms with Gasteiger partial charge in [0.2, 0.25) is 5.91 Å². The van der Waals surface area contributed by atoms with Gasteiger partial charge in [-0.1, -0.05) is 44.2 Å². The third-order valence-electron chi connectivity index (χ3n) is 6.05. The lowest BCUT2D eigenvalue weighted by Gasteiger charge is -2.25. The molecule has 1 unspecified atom stereocenters. The van der Waals surface area contributed by atoms with E-state index < -0.39 is 17.7 Å². The second kappa shape index (κ2) is 10.7. The third kappa shape index (κ3) is 5.40. The molecular weight excluding hydrogens is 468 g/mol. The van der Waals surface area contributed by atoms with Crippen LogP contribution in [0.2, 0.25) is 0 Å². The molecule has 190 valence electrons. The zero-order valence-corrected chi connectivity index (χ0v) is 21.3. The van der Waals surface area contributed by atoms with Crippen LogP contribution in [0.5, 0.6) is 5.75 Å². The van der Waals surface area contributed by atoms with Gasteiger partial charge in [-0.2, -0.15) is 0 Å². The van der Waals surface area contributed by atoms with Gasteiger partial charge in [0.25, 0.3) is 11.7 Å². The van der Waals surface area contributed by atoms with Crippen LogP contribution in [0.3, 0.4) is 0 Å². The van der Waals surface area contributed by atoms with E-state index in [2.05, 4.69) is 19.2 Å². The Hall–Kier alpha value is -4.39. The molecule has 0 spiro atoms. The molecule has 1 saturated heterocycles. The van der Waals surface area contributed by atoms with Crippen molar-refractivity contribution < 1.29 is 24.2 Å². The molecule has 0 aliphatic carbocycles. The topological polar surface area (TPSA) is 95.9 Å². The maximum atomic E-state index is 13.3. The van der Waals surface area contributed by atoms with Crippen molar-refractivity contribution >= 4 is 34.7 Å². The van der Waals surface area contributed by atoms with Crippen LogP contribution in [-0.4, -0.2) is 29.3 Å². The van der Waals surface area contributed by atoms with Gasteiger partial charge in [-0.15, -0.1) is 0 Å². The Bertz CT molecular complexity index is 1360. The maximum absolute atomic E-state index is 13.3. The maximum Gasteiger partial charge on any atom is 0.300 e. The van der Waals surface area contributed by atoms with Gasteiger partial charge in [-0.25, -0.2) is 0 Å². The van der Waals surface area contributed by atoms with Gasteiger partial charge in [-0.05, 0) is 66.4 Å². The molecule has 0 radical (unpaired) electrons. The number of hydrogen-bond acceptors (Lipinski definition) is 5. The molecular formula is C30H30N2O5. The van der Waals surface area contributed by atoms with Gasteiger partial charge < -0.3 is 15.2 Å². The number of carbonyl (C=O) groups excluding carboxylic acids is 3. The van der Waals surface area contributed by atoms with E-state index in [0.29, 0.717) is 40.8 Å². The SMILES string of the molecule is CC(=O)Nc1ccc(N2C(=O)C(=O)/C(=C(\O)c3ccc(OCC(C)C)c(C)c3)C2c2ccccc2)cc1. The van der Waals surface area contributed by atoms with Crippen LogP contribution in [0.4, 0.5) is 11.4 Å². The van der Waals surface area contributed by atoms with Crippen molar-refractivity contribution in [2.45, 2.75) is 33.7 Å². The Labute approximate surface area is 216 Å². The van der Waals surface area contributed by atoms with E-state index in [-0.39, 0.29) is 17.2 Å². The predicted octanol–water partition coefficient (Wildman–Crippen LogP) is 5.61. The summed E-state index contributed by atoms with van der Waals surface area (Å²) in [5.74, 6) is -0.908. The van der Waals surface area contributed by atoms with E-state index in [1.165, 1.54) is 11.8 Å². The minimum Gasteiger partial charge on any atom is -0.507 e. The molecule has 0 saturated carbocycles. The van der Waals surface area contributed by atoms with Crippen LogP contribution in [-0.2, 0) is 14.4 Å². The van der Waals surface area contributed by atoms with Crippen molar-refractivity contribution in [3.8, 4) is 5.75 Å². The smallest absolute Gasteiger partial charge is 0.300 e. The summed E-state index contributed by atoms with van der Waals surface area (Å²) in [5, 5.41) is 14.1. The first kappa shape index (κ1) is 25.7. The standard InChI is InChI=1S/C30H30N2O5/c1-18(2)17-37-25-15-10-22(16-19(25)3)28(34)26-27(21-8-6-5-7-9-21)32(30(36)29(26)35)24-13-11-23(12-14-24)31-20(4)33/h5-16,18,27,34H,17H2,1-4H3,(H,31,33)/b28-26-. The van der Waals surface area contributed by atoms with Crippen LogP contribution in [0, 0.1) is 12.8 Å². The summed E-state index contributed by atoms with van der Waals surface area (Å²) >= 11 is 0. The zero-order valence-electron chi connectivity index (χ0n) is 21.3. The number of benzene rings is 3. The second-order valence-corrected chi connectivity index (χ2v) is 9.49. The van der Waals surface area contributed by atoms with Gasteiger partial charge in [0, 0.05) is 23.9 Å². The Balaban J connectivity index is 1.79. The molecule has 0 bridgehead atoms. The van der Waals surface area contributed by atoms with Crippen LogP contribution < -0.4 is 15.0 Å². The normalized spacial score (nSPS) is 16.8. The lowest BCUT2D eigenvalue weighted by Crippen LogP contribution is -2.29. The molecule has 37 heavy (non-hydrogen) atoms. The van der Waals surface area contributed by atoms with Crippen LogP contribution in [0.25, 0.3) is 5.76 Å². The summed E-state index contributed by atoms with van der Waals surface area (Å²) in [6.07, 6.45) is 0. The zero-order chi connectivity index (χ0) is 26.7. The number of amides is 2. The Kier molecular flexibility index (Phi) is 7.43. The largest absolute Gasteiger partial charge is 0.507 e. The fourth-order valence-electron chi connectivity index (χ4n) is 4.33. The van der Waals surface area contributed by atoms with E-state index in [1.807, 2.05) is 37.3 Å². The van der Waals surface area contributed by atoms with Crippen LogP contribution in [0.15, 0.2) is 78.4 Å². The number of Topliss-reactive ketones (excluding diaryl/α,β-unsaturated/α-hetero) is 1. The molecule has 1 aliphatic heterocycles. The number of rotatable bonds is 7. The number of aryl methyl sites for hydroxylation is 1. The van der Waals surface area contributed by atoms with E-state index in [9.17, 15) is 19.5 Å². The summed E-state index contributed by atoms with van der Waals surface area (Å²) in [5.41, 5.74) is 2.97. The van der Waals surface area contributed by atoms with Crippen LogP contribution in [0.1, 0.15) is 43.5 Å². The quantitative estimate of drug-likeness (QED) is 0.251. The highest BCUT2D eigenvalue weighted by atomic mass is 16.5. The third-order valence-corrected chi connectivity index (χ3v) is 6.05. The number of aliphatic hydroxyl groups excluding tert-OH is 1. The van der Waals surface area contributed by atoms with Crippen molar-refractivity contribution in [3.63, 3.8) is 0 Å². The van der Waals surface area contributed by atoms with Gasteiger partial charge in [0.1, 0.15) is 11.5 Å². The number of carbonyl (C=O) groups is 3. The molecule has 1 aliphatic rings. The average molecular weight is 499 g/mol. The minimum absolute atomic E-state index is 0.0115. The Morgan fingerprint density at radius 1 is 1.03 bits per heavy atom. The van der Waals surface area contributed by atoms with Crippen molar-refractivity contribution in [1.29, 1.82) is 0 Å². The predicted molar refractivity (Wildman–Crippen MR) is 143 cm³/mol. The highest BCUT2D eigenvalue weighted by molar-refractivity contribution is 6.51. The summed E-state index contributed by atoms with van der Waals surface area (Å²) in [6.45, 7) is 7.96. The van der Waals surface area contributed by atoms with E-state index >= 15 is 0 Å². The fraction of sp³-hybridized carbons (Fsp3) is 0.233. The first-order valence-corrected chi connectivity index (χ1v) is 12.1. The van der Waals surface area contributed by atoms with Gasteiger partial charge in [-0.3, -0.25) is 19.3 Å². The van der Waals surface area contributed by atoms with Gasteiger partial charge >= 0.3 is 0 Å². The molecule has 7 heteroatoms. The summed E-state index contributed by atoms with van der Waals surface area (Å²) in [7, 11) is 0. The van der Waals surface area contributed by atoms with Crippen molar-refractivity contribution in [3.05, 3.63) is 95.1 Å². The van der Waals surface area contributed by atoms with E-state index in [4.69, 9.17) is 4.74 Å². The Morgan fingerprint density at radius 3 is 2.30 bits per heavy atom. The van der Waals surface area contributed by atoms with E-state index in [0.717, 1.165) is 5.56 Å². The number of aliphatic hydroxyl groups is 1. The first-order valence-electron chi connectivity index (χ1n) is 12.1. The first-order chi connectivity index (χ1) is 17.7. The molecule has 0 aromatic heterocycles. The molecule has 3 aromatic carbocycles. The lowest BCUT2D eigenvalue weighted by atomic mass is 9.94. The number of hydrogen-bond donors (Lipinski definition) is 2. The van der Waals surface area contributed by atoms with Crippen molar-refractivity contribution in [1.82, 2.24) is 0 Å². The molecule has 1 atom stereocenters. The van der Waals surface area contributed by atoms with E-state index in [1.54, 1.807) is 42.5 Å². The highest BCUT2D eigenvalue weighted by Gasteiger charge is 2.46. The highest BCUT2D eigenvalue weighted by Crippen LogP contribution is 2.42. The Morgan fingerprint density at radius 2 is 1.70 bits per heavy atom. The average Bonchev–Trinajstić information content (AvgIpc) is 3.13. The molecule has 3 aromatic rings. The minimum atomic E-state index is -0.829. The number of ketones is 1. The molecule has 2 amide bonds. The number of nitrogens with one attached hydrogen (secondary N) is 1. The lowest BCUT2D eigenvalue weighted by molar-refractivity contribution is -0.132. The summed E-state index contributed by atoms with van der Waals surface area (Å²) in [6, 6.07) is 20.2. The number of nitrogens with zero attached hydrogens (tertiary/aromatic N) is 1. The van der Waals surface area contributed by atoms with Crippen molar-refractivity contribution in [2.75, 3.05) is 16.8 Å².